The molecule has 1 aromatic heterocycles. The summed E-state index contributed by atoms with van der Waals surface area (Å²) in [6, 6.07) is 6.96. The number of aliphatic imine (C=N–C) groups is 1. The lowest BCUT2D eigenvalue weighted by molar-refractivity contribution is -0.142. The van der Waals surface area contributed by atoms with E-state index in [-0.39, 0.29) is 11.5 Å². The van der Waals surface area contributed by atoms with Gasteiger partial charge in [0.2, 0.25) is 0 Å². The fourth-order valence-electron chi connectivity index (χ4n) is 5.27. The van der Waals surface area contributed by atoms with Gasteiger partial charge in [0.25, 0.3) is 5.56 Å². The number of rotatable bonds is 9. The number of nitrogens with one attached hydrogen (secondary N) is 1. The van der Waals surface area contributed by atoms with Crippen LogP contribution in [0.4, 0.5) is 5.69 Å². The van der Waals surface area contributed by atoms with Crippen LogP contribution < -0.4 is 10.9 Å². The molecule has 0 radical (unpaired) electrons. The second-order valence-electron chi connectivity index (χ2n) is 10.2. The molecule has 0 saturated carbocycles. The molecule has 2 aliphatic rings. The topological polar surface area (TPSA) is 113 Å². The van der Waals surface area contributed by atoms with Gasteiger partial charge in [-0.15, -0.1) is 0 Å². The third-order valence-corrected chi connectivity index (χ3v) is 7.33. The van der Waals surface area contributed by atoms with Crippen molar-refractivity contribution in [1.29, 1.82) is 0 Å². The molecule has 3 heterocycles. The van der Waals surface area contributed by atoms with Crippen LogP contribution in [0.1, 0.15) is 61.3 Å². The predicted octanol–water partition coefficient (Wildman–Crippen LogP) is 3.26. The molecule has 8 heteroatoms. The van der Waals surface area contributed by atoms with Crippen LogP contribution in [0.2, 0.25) is 0 Å². The van der Waals surface area contributed by atoms with Crippen LogP contribution in [0.3, 0.4) is 0 Å². The van der Waals surface area contributed by atoms with Gasteiger partial charge in [-0.25, -0.2) is 0 Å². The van der Waals surface area contributed by atoms with Gasteiger partial charge in [0.15, 0.2) is 0 Å². The molecule has 0 amide bonds. The number of aromatic nitrogens is 1. The number of carboxylic acids is 1. The Labute approximate surface area is 212 Å². The SMILES string of the molecule is Cc1cc(C2=Nc3cc(CN[C@H](C(=O)O)[C@@H](C)O)ccc3CCC2CC[C@@H]2CCCO2)cn(C)c1=O. The summed E-state index contributed by atoms with van der Waals surface area (Å²) in [6.07, 6.45) is 7.23. The van der Waals surface area contributed by atoms with Crippen LogP contribution in [0, 0.1) is 12.8 Å². The molecule has 36 heavy (non-hydrogen) atoms. The Morgan fingerprint density at radius 3 is 2.75 bits per heavy atom. The number of aliphatic hydroxyl groups is 1. The standard InChI is InChI=1S/C28H37N3O5/c1-17-13-22(16-31(3)27(17)33)26-21(10-11-23-5-4-12-36-23)9-8-20-7-6-19(14-24(20)30-26)15-29-25(18(2)32)28(34)35/h6-7,13-14,16,18,21,23,25,29,32H,4-5,8-12,15H2,1-3H3,(H,34,35)/t18-,21?,23+,25+/m1/s1. The number of aliphatic carboxylic acids is 1. The van der Waals surface area contributed by atoms with Crippen LogP contribution in [-0.2, 0) is 29.5 Å². The van der Waals surface area contributed by atoms with Gasteiger partial charge in [0.05, 0.1) is 23.6 Å². The van der Waals surface area contributed by atoms with Crippen molar-refractivity contribution >= 4 is 17.4 Å². The molecule has 4 atom stereocenters. The van der Waals surface area contributed by atoms with Gasteiger partial charge >= 0.3 is 5.97 Å². The lowest BCUT2D eigenvalue weighted by Gasteiger charge is -2.20. The fraction of sp³-hybridized carbons (Fsp3) is 0.536. The summed E-state index contributed by atoms with van der Waals surface area (Å²) in [4.78, 5) is 29.0. The molecular formula is C28H37N3O5. The maximum absolute atomic E-state index is 12.4. The summed E-state index contributed by atoms with van der Waals surface area (Å²) < 4.78 is 7.50. The van der Waals surface area contributed by atoms with Gasteiger partial charge < -0.3 is 19.5 Å². The largest absolute Gasteiger partial charge is 0.480 e. The minimum atomic E-state index is -1.08. The van der Waals surface area contributed by atoms with Crippen molar-refractivity contribution in [2.45, 2.75) is 77.2 Å². The zero-order chi connectivity index (χ0) is 25.8. The van der Waals surface area contributed by atoms with Gasteiger partial charge in [-0.3, -0.25) is 19.9 Å². The van der Waals surface area contributed by atoms with E-state index >= 15 is 0 Å². The van der Waals surface area contributed by atoms with E-state index in [0.29, 0.717) is 18.2 Å². The first-order valence-electron chi connectivity index (χ1n) is 12.9. The van der Waals surface area contributed by atoms with Crippen LogP contribution >= 0.6 is 0 Å². The number of hydrogen-bond donors (Lipinski definition) is 3. The summed E-state index contributed by atoms with van der Waals surface area (Å²) in [5, 5.41) is 22.1. The van der Waals surface area contributed by atoms with E-state index in [1.165, 1.54) is 6.92 Å². The van der Waals surface area contributed by atoms with E-state index in [2.05, 4.69) is 11.4 Å². The van der Waals surface area contributed by atoms with Crippen LogP contribution in [0.15, 0.2) is 40.2 Å². The van der Waals surface area contributed by atoms with Crippen molar-refractivity contribution in [3.8, 4) is 0 Å². The molecule has 194 valence electrons. The van der Waals surface area contributed by atoms with E-state index in [4.69, 9.17) is 9.73 Å². The second kappa shape index (κ2) is 11.5. The molecule has 1 saturated heterocycles. The number of nitrogens with zero attached hydrogens (tertiary/aromatic N) is 2. The summed E-state index contributed by atoms with van der Waals surface area (Å²) in [6.45, 7) is 4.45. The maximum atomic E-state index is 12.4. The average Bonchev–Trinajstić information content (AvgIpc) is 3.28. The Balaban J connectivity index is 1.66. The molecule has 3 N–H and O–H groups in total. The Morgan fingerprint density at radius 2 is 2.08 bits per heavy atom. The molecule has 8 nitrogen and oxygen atoms in total. The van der Waals surface area contributed by atoms with Crippen molar-refractivity contribution in [3.63, 3.8) is 0 Å². The lowest BCUT2D eigenvalue weighted by atomic mass is 9.87. The number of hydrogen-bond acceptors (Lipinski definition) is 6. The highest BCUT2D eigenvalue weighted by Crippen LogP contribution is 2.33. The Kier molecular flexibility index (Phi) is 8.39. The molecular weight excluding hydrogens is 458 g/mol. The summed E-state index contributed by atoms with van der Waals surface area (Å²) in [7, 11) is 1.77. The molecule has 0 aliphatic carbocycles. The van der Waals surface area contributed by atoms with Crippen LogP contribution in [-0.4, -0.2) is 51.3 Å². The quantitative estimate of drug-likeness (QED) is 0.492. The Morgan fingerprint density at radius 1 is 1.28 bits per heavy atom. The van der Waals surface area contributed by atoms with Gasteiger partial charge in [-0.1, -0.05) is 12.1 Å². The first-order valence-corrected chi connectivity index (χ1v) is 12.9. The monoisotopic (exact) mass is 495 g/mol. The number of carbonyl (C=O) groups is 1. The van der Waals surface area contributed by atoms with Crippen LogP contribution in [0.5, 0.6) is 0 Å². The normalized spacial score (nSPS) is 21.4. The first kappa shape index (κ1) is 26.3. The third-order valence-electron chi connectivity index (χ3n) is 7.33. The minimum Gasteiger partial charge on any atom is -0.480 e. The van der Waals surface area contributed by atoms with E-state index in [0.717, 1.165) is 73.2 Å². The molecule has 1 fully saturated rings. The predicted molar refractivity (Wildman–Crippen MR) is 139 cm³/mol. The highest BCUT2D eigenvalue weighted by atomic mass is 16.5. The van der Waals surface area contributed by atoms with Crippen molar-refractivity contribution in [3.05, 3.63) is 63.1 Å². The third kappa shape index (κ3) is 6.11. The molecule has 1 aromatic carbocycles. The van der Waals surface area contributed by atoms with Gasteiger partial charge in [-0.05, 0) is 75.6 Å². The number of fused-ring (bicyclic) bond motifs is 1. The summed E-state index contributed by atoms with van der Waals surface area (Å²) in [5.74, 6) is -0.842. The Hall–Kier alpha value is -2.81. The minimum absolute atomic E-state index is 0.0104. The lowest BCUT2D eigenvalue weighted by Crippen LogP contribution is -2.44. The number of benzene rings is 1. The molecule has 0 spiro atoms. The van der Waals surface area contributed by atoms with Crippen molar-refractivity contribution in [1.82, 2.24) is 9.88 Å². The fourth-order valence-corrected chi connectivity index (χ4v) is 5.27. The number of aryl methyl sites for hydroxylation is 3. The van der Waals surface area contributed by atoms with E-state index in [9.17, 15) is 19.8 Å². The van der Waals surface area contributed by atoms with E-state index in [1.807, 2.05) is 31.3 Å². The second-order valence-corrected chi connectivity index (χ2v) is 10.2. The number of ether oxygens (including phenoxy) is 1. The maximum Gasteiger partial charge on any atom is 0.323 e. The van der Waals surface area contributed by atoms with Gasteiger partial charge in [0, 0.05) is 43.4 Å². The number of pyridine rings is 1. The zero-order valence-corrected chi connectivity index (χ0v) is 21.4. The van der Waals surface area contributed by atoms with Crippen LogP contribution in [0.25, 0.3) is 0 Å². The molecule has 2 aliphatic heterocycles. The van der Waals surface area contributed by atoms with Gasteiger partial charge in [-0.2, -0.15) is 0 Å². The molecule has 1 unspecified atom stereocenters. The van der Waals surface area contributed by atoms with Crippen molar-refractivity contribution in [2.24, 2.45) is 18.0 Å². The average molecular weight is 496 g/mol. The molecule has 4 rings (SSSR count). The van der Waals surface area contributed by atoms with Gasteiger partial charge in [0.1, 0.15) is 6.04 Å². The van der Waals surface area contributed by atoms with E-state index in [1.54, 1.807) is 11.6 Å². The smallest absolute Gasteiger partial charge is 0.323 e. The van der Waals surface area contributed by atoms with E-state index < -0.39 is 18.1 Å². The highest BCUT2D eigenvalue weighted by molar-refractivity contribution is 6.04. The molecule has 0 bridgehead atoms. The number of carboxylic acid groups (broad SMARTS) is 1. The zero-order valence-electron chi connectivity index (χ0n) is 21.4. The Bertz CT molecular complexity index is 1150. The van der Waals surface area contributed by atoms with Crippen molar-refractivity contribution in [2.75, 3.05) is 6.61 Å². The van der Waals surface area contributed by atoms with Crippen molar-refractivity contribution < 1.29 is 19.7 Å². The molecule has 2 aromatic rings. The summed E-state index contributed by atoms with van der Waals surface area (Å²) >= 11 is 0. The number of aliphatic hydroxyl groups excluding tert-OH is 1. The summed E-state index contributed by atoms with van der Waals surface area (Å²) in [5.41, 5.74) is 5.56. The highest BCUT2D eigenvalue weighted by Gasteiger charge is 2.26. The first-order chi connectivity index (χ1) is 17.2.